The van der Waals surface area contributed by atoms with Crippen molar-refractivity contribution in [3.8, 4) is 0 Å². The molecule has 0 heterocycles. The molecule has 94 valence electrons. The van der Waals surface area contributed by atoms with Crippen LogP contribution in [0.25, 0.3) is 0 Å². The van der Waals surface area contributed by atoms with Crippen LogP contribution in [0.15, 0.2) is 0 Å². The van der Waals surface area contributed by atoms with E-state index >= 15 is 0 Å². The molecular formula is C12H23NO2S. The largest absolute Gasteiger partial charge is 0.469 e. The molecule has 2 unspecified atom stereocenters. The van der Waals surface area contributed by atoms with Crippen molar-refractivity contribution in [1.29, 1.82) is 0 Å². The van der Waals surface area contributed by atoms with Crippen LogP contribution < -0.4 is 5.32 Å². The van der Waals surface area contributed by atoms with Gasteiger partial charge < -0.3 is 10.1 Å². The average Bonchev–Trinajstić information content (AvgIpc) is 3.05. The average molecular weight is 245 g/mol. The standard InChI is InChI=1S/C12H23NO2S/c1-9(13-3)10(2)16-8-12(5-6-12)7-11(14)15-4/h9-10,13H,5-8H2,1-4H3. The lowest BCUT2D eigenvalue weighted by atomic mass is 10.1. The number of ether oxygens (including phenoxy) is 1. The van der Waals surface area contributed by atoms with E-state index in [1.165, 1.54) is 20.0 Å². The molecule has 0 aliphatic heterocycles. The van der Waals surface area contributed by atoms with Gasteiger partial charge in [0.2, 0.25) is 0 Å². The van der Waals surface area contributed by atoms with Gasteiger partial charge in [-0.3, -0.25) is 4.79 Å². The van der Waals surface area contributed by atoms with Gasteiger partial charge in [-0.2, -0.15) is 11.8 Å². The molecule has 1 aliphatic carbocycles. The maximum atomic E-state index is 11.3. The Morgan fingerprint density at radius 1 is 1.50 bits per heavy atom. The molecule has 0 aromatic rings. The van der Waals surface area contributed by atoms with Gasteiger partial charge in [-0.1, -0.05) is 6.92 Å². The summed E-state index contributed by atoms with van der Waals surface area (Å²) in [5.41, 5.74) is 0.249. The topological polar surface area (TPSA) is 38.3 Å². The van der Waals surface area contributed by atoms with Crippen molar-refractivity contribution >= 4 is 17.7 Å². The second kappa shape index (κ2) is 5.92. The van der Waals surface area contributed by atoms with Crippen LogP contribution in [0.4, 0.5) is 0 Å². The highest BCUT2D eigenvalue weighted by Gasteiger charge is 2.44. The molecule has 0 spiro atoms. The van der Waals surface area contributed by atoms with Crippen LogP contribution >= 0.6 is 11.8 Å². The van der Waals surface area contributed by atoms with Crippen molar-refractivity contribution in [3.63, 3.8) is 0 Å². The predicted molar refractivity (Wildman–Crippen MR) is 68.7 cm³/mol. The summed E-state index contributed by atoms with van der Waals surface area (Å²) in [5.74, 6) is 1.02. The Balaban J connectivity index is 2.29. The third kappa shape index (κ3) is 3.98. The summed E-state index contributed by atoms with van der Waals surface area (Å²) in [6.45, 7) is 4.43. The summed E-state index contributed by atoms with van der Waals surface area (Å²) in [6, 6.07) is 0.513. The summed E-state index contributed by atoms with van der Waals surface area (Å²) in [4.78, 5) is 11.3. The molecular weight excluding hydrogens is 222 g/mol. The second-order valence-electron chi connectivity index (χ2n) is 4.85. The fourth-order valence-corrected chi connectivity index (χ4v) is 3.05. The van der Waals surface area contributed by atoms with E-state index in [-0.39, 0.29) is 11.4 Å². The van der Waals surface area contributed by atoms with Gasteiger partial charge in [0.25, 0.3) is 0 Å². The molecule has 1 aliphatic rings. The zero-order chi connectivity index (χ0) is 12.2. The van der Waals surface area contributed by atoms with Crippen LogP contribution in [-0.2, 0) is 9.53 Å². The molecule has 0 amide bonds. The van der Waals surface area contributed by atoms with Crippen molar-refractivity contribution < 1.29 is 9.53 Å². The molecule has 16 heavy (non-hydrogen) atoms. The number of hydrogen-bond acceptors (Lipinski definition) is 4. The first kappa shape index (κ1) is 13.8. The maximum absolute atomic E-state index is 11.3. The second-order valence-corrected chi connectivity index (χ2v) is 6.21. The van der Waals surface area contributed by atoms with Crippen molar-refractivity contribution in [2.24, 2.45) is 5.41 Å². The summed E-state index contributed by atoms with van der Waals surface area (Å²) >= 11 is 1.96. The Bertz CT molecular complexity index is 241. The monoisotopic (exact) mass is 245 g/mol. The summed E-state index contributed by atoms with van der Waals surface area (Å²) in [5, 5.41) is 3.84. The van der Waals surface area contributed by atoms with Crippen LogP contribution in [0.3, 0.4) is 0 Å². The molecule has 0 saturated heterocycles. The molecule has 3 nitrogen and oxygen atoms in total. The summed E-state index contributed by atoms with van der Waals surface area (Å²) in [7, 11) is 3.46. The Hall–Kier alpha value is -0.220. The first-order chi connectivity index (χ1) is 7.53. The van der Waals surface area contributed by atoms with Crippen molar-refractivity contribution in [2.45, 2.75) is 44.4 Å². The van der Waals surface area contributed by atoms with Gasteiger partial charge in [-0.25, -0.2) is 0 Å². The Labute approximate surface area is 103 Å². The molecule has 1 fully saturated rings. The van der Waals surface area contributed by atoms with Gasteiger partial charge in [0.1, 0.15) is 0 Å². The number of carbonyl (C=O) groups is 1. The number of nitrogens with one attached hydrogen (secondary N) is 1. The van der Waals surface area contributed by atoms with Gasteiger partial charge >= 0.3 is 5.97 Å². The van der Waals surface area contributed by atoms with E-state index in [1.807, 2.05) is 18.8 Å². The van der Waals surface area contributed by atoms with E-state index in [4.69, 9.17) is 4.74 Å². The molecule has 2 atom stereocenters. The van der Waals surface area contributed by atoms with Gasteiger partial charge in [-0.15, -0.1) is 0 Å². The summed E-state index contributed by atoms with van der Waals surface area (Å²) in [6.07, 6.45) is 2.95. The van der Waals surface area contributed by atoms with E-state index in [1.54, 1.807) is 0 Å². The number of methoxy groups -OCH3 is 1. The lowest BCUT2D eigenvalue weighted by molar-refractivity contribution is -0.141. The molecule has 1 rings (SSSR count). The predicted octanol–water partition coefficient (Wildman–Crippen LogP) is 2.06. The first-order valence-electron chi connectivity index (χ1n) is 5.89. The fourth-order valence-electron chi connectivity index (χ4n) is 1.61. The minimum Gasteiger partial charge on any atom is -0.469 e. The Morgan fingerprint density at radius 2 is 2.12 bits per heavy atom. The van der Waals surface area contributed by atoms with Crippen LogP contribution in [0.1, 0.15) is 33.1 Å². The lowest BCUT2D eigenvalue weighted by Crippen LogP contribution is -2.31. The van der Waals surface area contributed by atoms with Crippen LogP contribution in [0, 0.1) is 5.41 Å². The van der Waals surface area contributed by atoms with Crippen molar-refractivity contribution in [3.05, 3.63) is 0 Å². The van der Waals surface area contributed by atoms with Gasteiger partial charge in [0.05, 0.1) is 13.5 Å². The molecule has 4 heteroatoms. The highest BCUT2D eigenvalue weighted by Crippen LogP contribution is 2.51. The van der Waals surface area contributed by atoms with E-state index in [0.29, 0.717) is 17.7 Å². The zero-order valence-corrected chi connectivity index (χ0v) is 11.5. The molecule has 1 saturated carbocycles. The normalized spacial score (nSPS) is 21.2. The zero-order valence-electron chi connectivity index (χ0n) is 10.7. The van der Waals surface area contributed by atoms with Crippen LogP contribution in [-0.4, -0.2) is 37.2 Å². The Morgan fingerprint density at radius 3 is 2.56 bits per heavy atom. The van der Waals surface area contributed by atoms with Crippen LogP contribution in [0.5, 0.6) is 0 Å². The van der Waals surface area contributed by atoms with Crippen LogP contribution in [0.2, 0.25) is 0 Å². The number of rotatable bonds is 7. The quantitative estimate of drug-likeness (QED) is 0.697. The molecule has 0 aromatic carbocycles. The third-order valence-corrected chi connectivity index (χ3v) is 5.23. The lowest BCUT2D eigenvalue weighted by Gasteiger charge is -2.21. The first-order valence-corrected chi connectivity index (χ1v) is 6.93. The van der Waals surface area contributed by atoms with Gasteiger partial charge in [0.15, 0.2) is 0 Å². The molecule has 0 radical (unpaired) electrons. The number of carbonyl (C=O) groups excluding carboxylic acids is 1. The van der Waals surface area contributed by atoms with E-state index in [0.717, 1.165) is 5.75 Å². The van der Waals surface area contributed by atoms with E-state index in [2.05, 4.69) is 19.2 Å². The highest BCUT2D eigenvalue weighted by molar-refractivity contribution is 7.99. The Kier molecular flexibility index (Phi) is 5.12. The smallest absolute Gasteiger partial charge is 0.306 e. The SMILES string of the molecule is CNC(C)C(C)SCC1(CC(=O)OC)CC1. The van der Waals surface area contributed by atoms with Crippen molar-refractivity contribution in [1.82, 2.24) is 5.32 Å². The minimum absolute atomic E-state index is 0.0626. The van der Waals surface area contributed by atoms with E-state index in [9.17, 15) is 4.79 Å². The third-order valence-electron chi connectivity index (χ3n) is 3.52. The summed E-state index contributed by atoms with van der Waals surface area (Å²) < 4.78 is 4.74. The molecule has 0 bridgehead atoms. The van der Waals surface area contributed by atoms with E-state index < -0.39 is 0 Å². The highest BCUT2D eigenvalue weighted by atomic mass is 32.2. The van der Waals surface area contributed by atoms with Gasteiger partial charge in [-0.05, 0) is 38.0 Å². The molecule has 1 N–H and O–H groups in total. The minimum atomic E-state index is -0.0626. The number of thioether (sulfide) groups is 1. The number of hydrogen-bond donors (Lipinski definition) is 1. The molecule has 0 aromatic heterocycles. The van der Waals surface area contributed by atoms with Crippen molar-refractivity contribution in [2.75, 3.05) is 19.9 Å². The van der Waals surface area contributed by atoms with Gasteiger partial charge in [0, 0.05) is 11.3 Å². The maximum Gasteiger partial charge on any atom is 0.306 e. The number of esters is 1. The fraction of sp³-hybridized carbons (Fsp3) is 0.917.